The van der Waals surface area contributed by atoms with Gasteiger partial charge in [0.1, 0.15) is 5.60 Å². The summed E-state index contributed by atoms with van der Waals surface area (Å²) in [5.74, 6) is 0. The Kier molecular flexibility index (Phi) is 5.12. The molecule has 20 heavy (non-hydrogen) atoms. The second-order valence-corrected chi connectivity index (χ2v) is 7.84. The van der Waals surface area contributed by atoms with E-state index >= 15 is 0 Å². The van der Waals surface area contributed by atoms with Crippen LogP contribution >= 0.6 is 0 Å². The van der Waals surface area contributed by atoms with Crippen LogP contribution in [0.2, 0.25) is 0 Å². The van der Waals surface area contributed by atoms with Crippen LogP contribution in [0, 0.1) is 5.41 Å². The van der Waals surface area contributed by atoms with Crippen LogP contribution in [0.15, 0.2) is 0 Å². The molecule has 0 saturated carbocycles. The zero-order valence-electron chi connectivity index (χ0n) is 14.3. The molecule has 1 aliphatic heterocycles. The molecule has 0 spiro atoms. The van der Waals surface area contributed by atoms with Gasteiger partial charge in [-0.3, -0.25) is 4.90 Å². The molecule has 1 aliphatic rings. The second-order valence-electron chi connectivity index (χ2n) is 7.84. The summed E-state index contributed by atoms with van der Waals surface area (Å²) in [5.41, 5.74) is -0.618. The summed E-state index contributed by atoms with van der Waals surface area (Å²) in [6.07, 6.45) is 1.86. The molecular weight excluding hydrogens is 252 g/mol. The predicted octanol–water partition coefficient (Wildman–Crippen LogP) is 3.41. The van der Waals surface area contributed by atoms with Gasteiger partial charge in [0.25, 0.3) is 0 Å². The summed E-state index contributed by atoms with van der Waals surface area (Å²) in [5, 5.41) is 3.47. The Labute approximate surface area is 124 Å². The minimum absolute atomic E-state index is 0.00728. The molecule has 1 heterocycles. The first kappa shape index (κ1) is 17.3. The number of amides is 1. The summed E-state index contributed by atoms with van der Waals surface area (Å²) < 4.78 is 5.63. The monoisotopic (exact) mass is 284 g/mol. The van der Waals surface area contributed by atoms with Crippen LogP contribution in [-0.2, 0) is 4.74 Å². The molecule has 118 valence electrons. The number of nitrogens with one attached hydrogen (secondary N) is 1. The maximum absolute atomic E-state index is 12.6. The van der Waals surface area contributed by atoms with Gasteiger partial charge in [-0.25, -0.2) is 4.79 Å². The number of hydrogen-bond acceptors (Lipinski definition) is 3. The van der Waals surface area contributed by atoms with Crippen LogP contribution < -0.4 is 5.32 Å². The van der Waals surface area contributed by atoms with Crippen molar-refractivity contribution < 1.29 is 9.53 Å². The normalized spacial score (nSPS) is 24.6. The van der Waals surface area contributed by atoms with E-state index in [1.807, 2.05) is 25.7 Å². The van der Waals surface area contributed by atoms with E-state index in [1.54, 1.807) is 0 Å². The topological polar surface area (TPSA) is 41.6 Å². The summed E-state index contributed by atoms with van der Waals surface area (Å²) in [6, 6.07) is 0. The van der Waals surface area contributed by atoms with Crippen molar-refractivity contribution in [3.8, 4) is 0 Å². The molecule has 1 fully saturated rings. The van der Waals surface area contributed by atoms with Gasteiger partial charge in [-0.05, 0) is 32.6 Å². The van der Waals surface area contributed by atoms with Crippen LogP contribution in [-0.4, -0.2) is 41.8 Å². The standard InChI is InChI=1S/C16H32N2O2/c1-8-9-16(14(2,3)4)12-17-10-11-18(16)13(19)20-15(5,6)7/h17H,8-12H2,1-7H3. The number of ether oxygens (including phenoxy) is 1. The number of piperazine rings is 1. The number of nitrogens with zero attached hydrogens (tertiary/aromatic N) is 1. The lowest BCUT2D eigenvalue weighted by atomic mass is 9.69. The molecule has 0 aromatic rings. The molecule has 0 aromatic carbocycles. The van der Waals surface area contributed by atoms with Gasteiger partial charge in [0.2, 0.25) is 0 Å². The molecule has 0 radical (unpaired) electrons. The highest BCUT2D eigenvalue weighted by atomic mass is 16.6. The molecule has 1 unspecified atom stereocenters. The number of carbonyl (C=O) groups excluding carboxylic acids is 1. The average molecular weight is 284 g/mol. The van der Waals surface area contributed by atoms with Gasteiger partial charge >= 0.3 is 6.09 Å². The lowest BCUT2D eigenvalue weighted by molar-refractivity contribution is -0.0524. The van der Waals surface area contributed by atoms with E-state index in [2.05, 4.69) is 33.0 Å². The van der Waals surface area contributed by atoms with Crippen LogP contribution in [0.3, 0.4) is 0 Å². The minimum Gasteiger partial charge on any atom is -0.444 e. The Morgan fingerprint density at radius 2 is 1.85 bits per heavy atom. The van der Waals surface area contributed by atoms with Crippen LogP contribution in [0.4, 0.5) is 4.79 Å². The molecule has 1 rings (SSSR count). The Hall–Kier alpha value is -0.770. The quantitative estimate of drug-likeness (QED) is 0.845. The Morgan fingerprint density at radius 1 is 1.25 bits per heavy atom. The summed E-state index contributed by atoms with van der Waals surface area (Å²) in [6.45, 7) is 17.0. The van der Waals surface area contributed by atoms with E-state index in [1.165, 1.54) is 0 Å². The van der Waals surface area contributed by atoms with Crippen molar-refractivity contribution in [3.05, 3.63) is 0 Å². The van der Waals surface area contributed by atoms with Gasteiger partial charge in [-0.15, -0.1) is 0 Å². The van der Waals surface area contributed by atoms with Crippen molar-refractivity contribution in [2.24, 2.45) is 5.41 Å². The first-order chi connectivity index (χ1) is 9.03. The summed E-state index contributed by atoms with van der Waals surface area (Å²) in [4.78, 5) is 14.6. The molecule has 0 aliphatic carbocycles. The molecule has 4 nitrogen and oxygen atoms in total. The molecule has 1 atom stereocenters. The van der Waals surface area contributed by atoms with Crippen molar-refractivity contribution in [2.45, 2.75) is 72.4 Å². The third-order valence-electron chi connectivity index (χ3n) is 4.12. The average Bonchev–Trinajstić information content (AvgIpc) is 2.26. The molecule has 1 amide bonds. The predicted molar refractivity (Wildman–Crippen MR) is 82.9 cm³/mol. The highest BCUT2D eigenvalue weighted by Gasteiger charge is 2.50. The second kappa shape index (κ2) is 5.92. The molecule has 0 bridgehead atoms. The molecule has 1 N–H and O–H groups in total. The van der Waals surface area contributed by atoms with Gasteiger partial charge in [-0.2, -0.15) is 0 Å². The zero-order valence-corrected chi connectivity index (χ0v) is 14.3. The number of rotatable bonds is 2. The Morgan fingerprint density at radius 3 is 2.30 bits per heavy atom. The minimum atomic E-state index is -0.447. The van der Waals surface area contributed by atoms with Crippen LogP contribution in [0.5, 0.6) is 0 Å². The van der Waals surface area contributed by atoms with Crippen LogP contribution in [0.25, 0.3) is 0 Å². The van der Waals surface area contributed by atoms with Gasteiger partial charge in [0, 0.05) is 19.6 Å². The van der Waals surface area contributed by atoms with Crippen LogP contribution in [0.1, 0.15) is 61.3 Å². The first-order valence-corrected chi connectivity index (χ1v) is 7.75. The van der Waals surface area contributed by atoms with Crippen molar-refractivity contribution >= 4 is 6.09 Å². The van der Waals surface area contributed by atoms with Gasteiger partial charge in [-0.1, -0.05) is 34.1 Å². The molecule has 4 heteroatoms. The Bertz CT molecular complexity index is 337. The third kappa shape index (κ3) is 3.66. The van der Waals surface area contributed by atoms with Gasteiger partial charge < -0.3 is 10.1 Å². The largest absolute Gasteiger partial charge is 0.444 e. The maximum atomic E-state index is 12.6. The maximum Gasteiger partial charge on any atom is 0.410 e. The smallest absolute Gasteiger partial charge is 0.410 e. The van der Waals surface area contributed by atoms with E-state index in [0.717, 1.165) is 25.9 Å². The van der Waals surface area contributed by atoms with E-state index in [-0.39, 0.29) is 17.0 Å². The first-order valence-electron chi connectivity index (χ1n) is 7.75. The molecule has 0 aromatic heterocycles. The highest BCUT2D eigenvalue weighted by Crippen LogP contribution is 2.41. The number of hydrogen-bond donors (Lipinski definition) is 1. The molecule has 1 saturated heterocycles. The van der Waals surface area contributed by atoms with Gasteiger partial charge in [0.05, 0.1) is 5.54 Å². The van der Waals surface area contributed by atoms with E-state index < -0.39 is 5.60 Å². The van der Waals surface area contributed by atoms with Crippen molar-refractivity contribution in [1.29, 1.82) is 0 Å². The lowest BCUT2D eigenvalue weighted by Gasteiger charge is -2.54. The van der Waals surface area contributed by atoms with E-state index in [4.69, 9.17) is 4.74 Å². The fourth-order valence-electron chi connectivity index (χ4n) is 3.06. The van der Waals surface area contributed by atoms with E-state index in [9.17, 15) is 4.79 Å². The highest BCUT2D eigenvalue weighted by molar-refractivity contribution is 5.69. The number of carbonyl (C=O) groups is 1. The van der Waals surface area contributed by atoms with Gasteiger partial charge in [0.15, 0.2) is 0 Å². The summed E-state index contributed by atoms with van der Waals surface area (Å²) >= 11 is 0. The molecular formula is C16H32N2O2. The fourth-order valence-corrected chi connectivity index (χ4v) is 3.06. The van der Waals surface area contributed by atoms with Crippen molar-refractivity contribution in [2.75, 3.05) is 19.6 Å². The SMILES string of the molecule is CCCC1(C(C)(C)C)CNCCN1C(=O)OC(C)(C)C. The van der Waals surface area contributed by atoms with E-state index in [0.29, 0.717) is 6.54 Å². The lowest BCUT2D eigenvalue weighted by Crippen LogP contribution is -2.68. The Balaban J connectivity index is 3.08. The zero-order chi connectivity index (χ0) is 15.6. The van der Waals surface area contributed by atoms with Crippen molar-refractivity contribution in [1.82, 2.24) is 10.2 Å². The fraction of sp³-hybridized carbons (Fsp3) is 0.938. The third-order valence-corrected chi connectivity index (χ3v) is 4.12. The van der Waals surface area contributed by atoms with Crippen molar-refractivity contribution in [3.63, 3.8) is 0 Å². The summed E-state index contributed by atoms with van der Waals surface area (Å²) in [7, 11) is 0.